The predicted molar refractivity (Wildman–Crippen MR) is 63.4 cm³/mol. The van der Waals surface area contributed by atoms with E-state index < -0.39 is 0 Å². The van der Waals surface area contributed by atoms with E-state index >= 15 is 0 Å². The van der Waals surface area contributed by atoms with Crippen molar-refractivity contribution in [3.63, 3.8) is 0 Å². The van der Waals surface area contributed by atoms with Gasteiger partial charge in [-0.25, -0.2) is 9.02 Å². The standard InChI is InChI=1S/C10H9FN6O/c11-7-3-1-6(2-4-7)5-14-15-9(12)8-10(13)17-18-16-8/h1-5H,(H2,12,15)(H2,13,17). The minimum absolute atomic E-state index is 0.0212. The summed E-state index contributed by atoms with van der Waals surface area (Å²) in [5.74, 6) is -0.308. The van der Waals surface area contributed by atoms with Gasteiger partial charge < -0.3 is 11.5 Å². The van der Waals surface area contributed by atoms with Crippen molar-refractivity contribution < 1.29 is 9.02 Å². The molecule has 0 amide bonds. The van der Waals surface area contributed by atoms with Crippen molar-refractivity contribution in [2.24, 2.45) is 15.9 Å². The number of aromatic nitrogens is 2. The molecule has 1 aromatic carbocycles. The topological polar surface area (TPSA) is 116 Å². The van der Waals surface area contributed by atoms with Crippen molar-refractivity contribution >= 4 is 17.9 Å². The SMILES string of the molecule is NC(=NN=Cc1ccc(F)cc1)c1nonc1N. The number of nitrogen functional groups attached to an aromatic ring is 1. The number of hydrogen-bond donors (Lipinski definition) is 2. The van der Waals surface area contributed by atoms with Crippen LogP contribution >= 0.6 is 0 Å². The van der Waals surface area contributed by atoms with Gasteiger partial charge in [-0.05, 0) is 28.0 Å². The molecule has 0 unspecified atom stereocenters. The number of anilines is 1. The highest BCUT2D eigenvalue weighted by atomic mass is 19.1. The Labute approximate surface area is 101 Å². The number of benzene rings is 1. The van der Waals surface area contributed by atoms with Crippen LogP contribution in [0.4, 0.5) is 10.2 Å². The summed E-state index contributed by atoms with van der Waals surface area (Å²) in [5, 5.41) is 14.2. The number of nitrogens with two attached hydrogens (primary N) is 2. The molecular formula is C10H9FN6O. The van der Waals surface area contributed by atoms with E-state index in [0.29, 0.717) is 5.56 Å². The Morgan fingerprint density at radius 3 is 2.61 bits per heavy atom. The molecule has 8 heteroatoms. The third-order valence-electron chi connectivity index (χ3n) is 2.00. The van der Waals surface area contributed by atoms with E-state index in [0.717, 1.165) is 0 Å². The fourth-order valence-corrected chi connectivity index (χ4v) is 1.13. The maximum absolute atomic E-state index is 12.6. The van der Waals surface area contributed by atoms with Gasteiger partial charge in [0.05, 0.1) is 6.21 Å². The van der Waals surface area contributed by atoms with Gasteiger partial charge in [0.1, 0.15) is 5.82 Å². The van der Waals surface area contributed by atoms with Crippen LogP contribution in [0.25, 0.3) is 0 Å². The lowest BCUT2D eigenvalue weighted by molar-refractivity contribution is 0.308. The number of halogens is 1. The number of nitrogens with zero attached hydrogens (tertiary/aromatic N) is 4. The first-order chi connectivity index (χ1) is 8.66. The molecule has 18 heavy (non-hydrogen) atoms. The Bertz CT molecular complexity index is 589. The van der Waals surface area contributed by atoms with Gasteiger partial charge in [-0.15, -0.1) is 5.10 Å². The van der Waals surface area contributed by atoms with Crippen molar-refractivity contribution in [2.75, 3.05) is 5.73 Å². The fraction of sp³-hybridized carbons (Fsp3) is 0. The van der Waals surface area contributed by atoms with Crippen LogP contribution in [0.15, 0.2) is 39.1 Å². The van der Waals surface area contributed by atoms with Gasteiger partial charge in [-0.3, -0.25) is 0 Å². The molecule has 1 aromatic heterocycles. The number of hydrogen-bond acceptors (Lipinski definition) is 6. The van der Waals surface area contributed by atoms with Crippen LogP contribution in [0.5, 0.6) is 0 Å². The highest BCUT2D eigenvalue weighted by Gasteiger charge is 2.09. The lowest BCUT2D eigenvalue weighted by Gasteiger charge is -1.92. The Balaban J connectivity index is 2.11. The average Bonchev–Trinajstić information content (AvgIpc) is 2.78. The first kappa shape index (κ1) is 11.7. The molecule has 2 aromatic rings. The molecule has 0 atom stereocenters. The van der Waals surface area contributed by atoms with Crippen molar-refractivity contribution in [1.82, 2.24) is 10.3 Å². The smallest absolute Gasteiger partial charge is 0.199 e. The summed E-state index contributed by atoms with van der Waals surface area (Å²) in [5.41, 5.74) is 11.8. The monoisotopic (exact) mass is 248 g/mol. The molecule has 0 spiro atoms. The average molecular weight is 248 g/mol. The molecule has 0 aliphatic rings. The summed E-state index contributed by atoms with van der Waals surface area (Å²) in [7, 11) is 0. The fourth-order valence-electron chi connectivity index (χ4n) is 1.13. The predicted octanol–water partition coefficient (Wildman–Crippen LogP) is 0.530. The molecule has 0 fully saturated rings. The van der Waals surface area contributed by atoms with Crippen molar-refractivity contribution in [3.05, 3.63) is 41.3 Å². The van der Waals surface area contributed by atoms with Gasteiger partial charge in [-0.1, -0.05) is 12.1 Å². The lowest BCUT2D eigenvalue weighted by Crippen LogP contribution is -2.15. The van der Waals surface area contributed by atoms with Crippen LogP contribution in [0.2, 0.25) is 0 Å². The van der Waals surface area contributed by atoms with E-state index in [1.165, 1.54) is 18.3 Å². The van der Waals surface area contributed by atoms with Crippen LogP contribution < -0.4 is 11.5 Å². The van der Waals surface area contributed by atoms with Crippen LogP contribution in [0.3, 0.4) is 0 Å². The summed E-state index contributed by atoms with van der Waals surface area (Å²) in [6.07, 6.45) is 1.41. The van der Waals surface area contributed by atoms with Gasteiger partial charge >= 0.3 is 0 Å². The van der Waals surface area contributed by atoms with E-state index in [2.05, 4.69) is 25.1 Å². The summed E-state index contributed by atoms with van der Waals surface area (Å²) in [4.78, 5) is 0. The molecule has 1 heterocycles. The summed E-state index contributed by atoms with van der Waals surface area (Å²) in [6.45, 7) is 0. The zero-order valence-corrected chi connectivity index (χ0v) is 9.12. The highest BCUT2D eigenvalue weighted by Crippen LogP contribution is 2.03. The van der Waals surface area contributed by atoms with Gasteiger partial charge in [0.15, 0.2) is 17.3 Å². The molecule has 2 rings (SSSR count). The normalized spacial score (nSPS) is 12.2. The maximum Gasteiger partial charge on any atom is 0.199 e. The second-order valence-corrected chi connectivity index (χ2v) is 3.28. The Morgan fingerprint density at radius 2 is 2.00 bits per heavy atom. The molecule has 92 valence electrons. The van der Waals surface area contributed by atoms with Gasteiger partial charge in [0.25, 0.3) is 0 Å². The van der Waals surface area contributed by atoms with Gasteiger partial charge in [-0.2, -0.15) is 5.10 Å². The molecule has 0 bridgehead atoms. The summed E-state index contributed by atoms with van der Waals surface area (Å²) >= 11 is 0. The number of rotatable bonds is 3. The molecule has 0 saturated heterocycles. The zero-order valence-electron chi connectivity index (χ0n) is 9.12. The Morgan fingerprint density at radius 1 is 1.28 bits per heavy atom. The highest BCUT2D eigenvalue weighted by molar-refractivity contribution is 5.99. The van der Waals surface area contributed by atoms with Crippen LogP contribution in [0.1, 0.15) is 11.3 Å². The van der Waals surface area contributed by atoms with E-state index in [1.54, 1.807) is 12.1 Å². The van der Waals surface area contributed by atoms with E-state index in [-0.39, 0.29) is 23.2 Å². The van der Waals surface area contributed by atoms with Crippen LogP contribution in [-0.4, -0.2) is 22.4 Å². The van der Waals surface area contributed by atoms with E-state index in [9.17, 15) is 4.39 Å². The maximum atomic E-state index is 12.6. The lowest BCUT2D eigenvalue weighted by atomic mass is 10.2. The molecule has 0 saturated carbocycles. The van der Waals surface area contributed by atoms with E-state index in [4.69, 9.17) is 11.5 Å². The molecular weight excluding hydrogens is 239 g/mol. The third kappa shape index (κ3) is 2.67. The molecule has 0 aliphatic carbocycles. The molecule has 7 nitrogen and oxygen atoms in total. The van der Waals surface area contributed by atoms with E-state index in [1.807, 2.05) is 0 Å². The first-order valence-electron chi connectivity index (χ1n) is 4.87. The minimum Gasteiger partial charge on any atom is -0.380 e. The third-order valence-corrected chi connectivity index (χ3v) is 2.00. The second kappa shape index (κ2) is 5.04. The number of amidine groups is 1. The van der Waals surface area contributed by atoms with Gasteiger partial charge in [0.2, 0.25) is 0 Å². The molecule has 0 radical (unpaired) electrons. The van der Waals surface area contributed by atoms with Crippen molar-refractivity contribution in [1.29, 1.82) is 0 Å². The van der Waals surface area contributed by atoms with Crippen LogP contribution in [-0.2, 0) is 0 Å². The van der Waals surface area contributed by atoms with Gasteiger partial charge in [0, 0.05) is 0 Å². The minimum atomic E-state index is -0.323. The Hall–Kier alpha value is -2.77. The van der Waals surface area contributed by atoms with Crippen LogP contribution in [0, 0.1) is 5.82 Å². The summed E-state index contributed by atoms with van der Waals surface area (Å²) < 4.78 is 17.0. The largest absolute Gasteiger partial charge is 0.380 e. The summed E-state index contributed by atoms with van der Waals surface area (Å²) in [6, 6.07) is 5.73. The quantitative estimate of drug-likeness (QED) is 0.467. The van der Waals surface area contributed by atoms with Crippen molar-refractivity contribution in [3.8, 4) is 0 Å². The zero-order chi connectivity index (χ0) is 13.0. The van der Waals surface area contributed by atoms with Crippen molar-refractivity contribution in [2.45, 2.75) is 0 Å². The first-order valence-corrected chi connectivity index (χ1v) is 4.87. The second-order valence-electron chi connectivity index (χ2n) is 3.28. The molecule has 0 aliphatic heterocycles. The molecule has 4 N–H and O–H groups in total. The Kier molecular flexibility index (Phi) is 3.28.